The van der Waals surface area contributed by atoms with E-state index in [-0.39, 0.29) is 17.1 Å². The lowest BCUT2D eigenvalue weighted by Gasteiger charge is -2.03. The maximum Gasteiger partial charge on any atom is 0.296 e. The Morgan fingerprint density at radius 2 is 1.23 bits per heavy atom. The van der Waals surface area contributed by atoms with Crippen molar-refractivity contribution in [2.45, 2.75) is 18.2 Å². The lowest BCUT2D eigenvalue weighted by atomic mass is 10.0. The molecule has 8 nitrogen and oxygen atoms in total. The van der Waals surface area contributed by atoms with Crippen molar-refractivity contribution >= 4 is 86.2 Å². The number of benzene rings is 5. The lowest BCUT2D eigenvalue weighted by molar-refractivity contribution is 0.0993. The van der Waals surface area contributed by atoms with E-state index in [2.05, 4.69) is 4.98 Å². The smallest absolute Gasteiger partial charge is 0.296 e. The maximum absolute atomic E-state index is 13.2. The summed E-state index contributed by atoms with van der Waals surface area (Å²) < 4.78 is 36.3. The van der Waals surface area contributed by atoms with Crippen molar-refractivity contribution in [3.8, 4) is 31.7 Å². The van der Waals surface area contributed by atoms with Crippen LogP contribution in [0.25, 0.3) is 62.4 Å². The third-order valence-corrected chi connectivity index (χ3v) is 12.5. The zero-order valence-corrected chi connectivity index (χ0v) is 28.4. The number of fused-ring (bicyclic) bond motifs is 3. The van der Waals surface area contributed by atoms with Gasteiger partial charge in [-0.1, -0.05) is 30.3 Å². The number of hydrogen-bond acceptors (Lipinski definition) is 10. The van der Waals surface area contributed by atoms with Gasteiger partial charge in [-0.05, 0) is 84.8 Å². The molecule has 236 valence electrons. The van der Waals surface area contributed by atoms with Crippen LogP contribution in [0.2, 0.25) is 0 Å². The van der Waals surface area contributed by atoms with Gasteiger partial charge >= 0.3 is 0 Å². The first-order valence-electron chi connectivity index (χ1n) is 14.8. The molecule has 12 heteroatoms. The van der Waals surface area contributed by atoms with E-state index in [1.807, 2.05) is 84.9 Å². The van der Waals surface area contributed by atoms with Crippen molar-refractivity contribution in [2.24, 2.45) is 0 Å². The fourth-order valence-electron chi connectivity index (χ4n) is 5.59. The van der Waals surface area contributed by atoms with Gasteiger partial charge in [0.15, 0.2) is 5.78 Å². The molecule has 0 radical (unpaired) electrons. The summed E-state index contributed by atoms with van der Waals surface area (Å²) >= 11 is 4.34. The Balaban J connectivity index is 1.01. The average molecular weight is 705 g/mol. The van der Waals surface area contributed by atoms with Gasteiger partial charge in [0.2, 0.25) is 0 Å². The number of thiazole rings is 3. The Hall–Kier alpha value is -4.85. The molecule has 3 N–H and O–H groups in total. The minimum absolute atomic E-state index is 0.0355. The fraction of sp³-hybridized carbons (Fsp3) is 0.0556. The minimum atomic E-state index is -4.39. The molecule has 0 unspecified atom stereocenters. The van der Waals surface area contributed by atoms with Crippen LogP contribution in [0.4, 0.5) is 5.69 Å². The summed E-state index contributed by atoms with van der Waals surface area (Å²) in [5.74, 6) is 0.0355. The predicted molar refractivity (Wildman–Crippen MR) is 196 cm³/mol. The molecular formula is C36H24N4O4S4. The molecule has 0 aliphatic heterocycles. The molecule has 0 saturated heterocycles. The second-order valence-electron chi connectivity index (χ2n) is 11.4. The van der Waals surface area contributed by atoms with Crippen molar-refractivity contribution in [2.75, 3.05) is 5.73 Å². The molecule has 5 aromatic carbocycles. The molecule has 0 bridgehead atoms. The molecular weight excluding hydrogens is 681 g/mol. The van der Waals surface area contributed by atoms with Crippen molar-refractivity contribution < 1.29 is 17.8 Å². The fourth-order valence-corrected chi connectivity index (χ4v) is 9.92. The monoisotopic (exact) mass is 704 g/mol. The van der Waals surface area contributed by atoms with E-state index in [9.17, 15) is 17.8 Å². The second kappa shape index (κ2) is 11.7. The largest absolute Gasteiger partial charge is 0.399 e. The number of aromatic nitrogens is 3. The molecule has 0 aliphatic rings. The molecule has 8 aromatic rings. The molecule has 48 heavy (non-hydrogen) atoms. The van der Waals surface area contributed by atoms with Crippen LogP contribution >= 0.6 is 34.0 Å². The van der Waals surface area contributed by atoms with E-state index in [0.717, 1.165) is 52.7 Å². The van der Waals surface area contributed by atoms with Crippen molar-refractivity contribution in [1.29, 1.82) is 0 Å². The van der Waals surface area contributed by atoms with E-state index in [0.29, 0.717) is 32.0 Å². The number of carbonyl (C=O) groups is 1. The minimum Gasteiger partial charge on any atom is -0.399 e. The van der Waals surface area contributed by atoms with Crippen LogP contribution in [0.3, 0.4) is 0 Å². The molecule has 3 aromatic heterocycles. The van der Waals surface area contributed by atoms with Crippen LogP contribution in [-0.4, -0.2) is 33.7 Å². The molecule has 0 aliphatic carbocycles. The Bertz CT molecular complexity index is 2660. The van der Waals surface area contributed by atoms with Gasteiger partial charge in [-0.2, -0.15) is 8.42 Å². The highest BCUT2D eigenvalue weighted by atomic mass is 32.2. The highest BCUT2D eigenvalue weighted by Crippen LogP contribution is 2.39. The topological polar surface area (TPSA) is 136 Å². The van der Waals surface area contributed by atoms with Gasteiger partial charge in [0.1, 0.15) is 19.9 Å². The third kappa shape index (κ3) is 5.67. The van der Waals surface area contributed by atoms with E-state index < -0.39 is 10.1 Å². The predicted octanol–water partition coefficient (Wildman–Crippen LogP) is 9.08. The number of rotatable bonds is 7. The molecule has 0 atom stereocenters. The van der Waals surface area contributed by atoms with Gasteiger partial charge < -0.3 is 5.73 Å². The highest BCUT2D eigenvalue weighted by Gasteiger charge is 2.21. The quantitative estimate of drug-likeness (QED) is 0.0953. The second-order valence-corrected chi connectivity index (χ2v) is 15.8. The van der Waals surface area contributed by atoms with Crippen molar-refractivity contribution in [3.63, 3.8) is 0 Å². The first-order chi connectivity index (χ1) is 23.1. The number of Topliss-reactive ketones (excluding diaryl/α,β-unsaturated/α-hetero) is 1. The summed E-state index contributed by atoms with van der Waals surface area (Å²) in [6, 6.07) is 30.4. The lowest BCUT2D eigenvalue weighted by Crippen LogP contribution is -2.03. The SMILES string of the molecule is Cc1ccc2nc(-c3ccc4nc(-c5ccc(CC(=O)c6ccc7nc(-c8ccc(N)cc8)sc7c6)cc5)sc4c3)sc2c1S(=O)(=O)O. The number of nitrogens with zero attached hydrogens (tertiary/aromatic N) is 3. The number of aryl methyl sites for hydroxylation is 1. The molecule has 0 amide bonds. The zero-order valence-electron chi connectivity index (χ0n) is 25.2. The van der Waals surface area contributed by atoms with E-state index in [1.165, 1.54) is 11.3 Å². The maximum atomic E-state index is 13.2. The average Bonchev–Trinajstić information content (AvgIpc) is 3.80. The summed E-state index contributed by atoms with van der Waals surface area (Å²) in [6.45, 7) is 1.65. The van der Waals surface area contributed by atoms with Crippen LogP contribution in [0.1, 0.15) is 21.5 Å². The molecule has 0 saturated carbocycles. The first kappa shape index (κ1) is 30.5. The molecule has 3 heterocycles. The summed E-state index contributed by atoms with van der Waals surface area (Å²) in [4.78, 5) is 27.4. The number of anilines is 1. The number of carbonyl (C=O) groups excluding carboxylic acids is 1. The summed E-state index contributed by atoms with van der Waals surface area (Å²) in [5.41, 5.74) is 13.6. The Morgan fingerprint density at radius 1 is 0.688 bits per heavy atom. The Kier molecular flexibility index (Phi) is 7.42. The van der Waals surface area contributed by atoms with E-state index >= 15 is 0 Å². The van der Waals surface area contributed by atoms with Crippen LogP contribution in [0, 0.1) is 6.92 Å². The molecule has 0 fully saturated rings. The van der Waals surface area contributed by atoms with Crippen LogP contribution in [0.15, 0.2) is 102 Å². The number of ketones is 1. The van der Waals surface area contributed by atoms with Gasteiger partial charge in [-0.3, -0.25) is 9.35 Å². The number of hydrogen-bond donors (Lipinski definition) is 2. The molecule has 8 rings (SSSR count). The van der Waals surface area contributed by atoms with Crippen LogP contribution in [0.5, 0.6) is 0 Å². The van der Waals surface area contributed by atoms with Gasteiger partial charge in [0.25, 0.3) is 10.1 Å². The molecule has 0 spiro atoms. The van der Waals surface area contributed by atoms with Crippen molar-refractivity contribution in [1.82, 2.24) is 15.0 Å². The summed E-state index contributed by atoms with van der Waals surface area (Å²) in [6.07, 6.45) is 0.277. The van der Waals surface area contributed by atoms with Gasteiger partial charge in [0.05, 0.1) is 30.6 Å². The van der Waals surface area contributed by atoms with Crippen LogP contribution in [-0.2, 0) is 16.5 Å². The van der Waals surface area contributed by atoms with Gasteiger partial charge in [-0.25, -0.2) is 15.0 Å². The van der Waals surface area contributed by atoms with E-state index in [1.54, 1.807) is 41.7 Å². The zero-order chi connectivity index (χ0) is 33.2. The number of nitrogen functional groups attached to an aromatic ring is 1. The van der Waals surface area contributed by atoms with Gasteiger partial charge in [-0.15, -0.1) is 34.0 Å². The van der Waals surface area contributed by atoms with Gasteiger partial charge in [0, 0.05) is 34.4 Å². The Morgan fingerprint density at radius 3 is 1.90 bits per heavy atom. The Labute approximate surface area is 287 Å². The first-order valence-corrected chi connectivity index (χ1v) is 18.7. The standard InChI is InChI=1S/C36H24N4O4S4/c1-19-2-13-28-32(33(19)48(42,43)44)47-36(40-28)24-10-15-27-31(18-24)46-34(39-27)21-5-3-20(4-6-21)16-29(41)23-9-14-26-30(17-23)45-35(38-26)22-7-11-25(37)12-8-22/h2-15,17-18H,16,37H2,1H3,(H,42,43,44). The summed E-state index contributed by atoms with van der Waals surface area (Å²) in [7, 11) is -4.39. The highest BCUT2D eigenvalue weighted by molar-refractivity contribution is 7.86. The number of nitrogens with two attached hydrogens (primary N) is 1. The third-order valence-electron chi connectivity index (χ3n) is 8.04. The van der Waals surface area contributed by atoms with Crippen molar-refractivity contribution in [3.05, 3.63) is 114 Å². The summed E-state index contributed by atoms with van der Waals surface area (Å²) in [5, 5.41) is 2.39. The van der Waals surface area contributed by atoms with E-state index in [4.69, 9.17) is 15.7 Å². The van der Waals surface area contributed by atoms with Crippen LogP contribution < -0.4 is 5.73 Å². The normalized spacial score (nSPS) is 12.0.